The minimum atomic E-state index is -3.69. The van der Waals surface area contributed by atoms with Gasteiger partial charge in [0, 0.05) is 47.2 Å². The van der Waals surface area contributed by atoms with E-state index in [1.54, 1.807) is 18.2 Å². The number of halogens is 2. The molecule has 3 aromatic carbocycles. The van der Waals surface area contributed by atoms with Crippen molar-refractivity contribution < 1.29 is 26.4 Å². The van der Waals surface area contributed by atoms with Crippen molar-refractivity contribution in [2.75, 3.05) is 24.7 Å². The van der Waals surface area contributed by atoms with Crippen molar-refractivity contribution in [2.45, 2.75) is 30.4 Å². The first-order valence-corrected chi connectivity index (χ1v) is 12.6. The first-order chi connectivity index (χ1) is 16.4. The van der Waals surface area contributed by atoms with Gasteiger partial charge in [-0.05, 0) is 43.2 Å². The Labute approximate surface area is 195 Å². The number of sulfonamides is 1. The highest BCUT2D eigenvalue weighted by atomic mass is 32.2. The van der Waals surface area contributed by atoms with Gasteiger partial charge in [-0.25, -0.2) is 17.2 Å². The predicted octanol–water partition coefficient (Wildman–Crippen LogP) is 5.01. The molecule has 0 spiro atoms. The summed E-state index contributed by atoms with van der Waals surface area (Å²) in [5.41, 5.74) is 2.57. The molecule has 4 aromatic rings. The summed E-state index contributed by atoms with van der Waals surface area (Å²) in [5.74, 6) is -1.79. The van der Waals surface area contributed by atoms with Gasteiger partial charge in [0.1, 0.15) is 17.9 Å². The Morgan fingerprint density at radius 2 is 1.62 bits per heavy atom. The van der Waals surface area contributed by atoms with Gasteiger partial charge in [-0.15, -0.1) is 0 Å². The lowest BCUT2D eigenvalue weighted by molar-refractivity contribution is 0.0983. The lowest BCUT2D eigenvalue weighted by atomic mass is 10.0. The first-order valence-electron chi connectivity index (χ1n) is 11.2. The molecule has 1 saturated heterocycles. The zero-order chi connectivity index (χ0) is 23.4. The smallest absolute Gasteiger partial charge is 0.243 e. The summed E-state index contributed by atoms with van der Waals surface area (Å²) < 4.78 is 67.3. The van der Waals surface area contributed by atoms with E-state index in [2.05, 4.69) is 0 Å². The average molecular weight is 485 g/mol. The molecule has 0 bridgehead atoms. The molecule has 1 aromatic heterocycles. The fraction of sp³-hybridized carbons (Fsp3) is 0.280. The van der Waals surface area contributed by atoms with E-state index in [-0.39, 0.29) is 24.3 Å². The fourth-order valence-corrected chi connectivity index (χ4v) is 6.49. The zero-order valence-corrected chi connectivity index (χ0v) is 19.0. The maximum atomic E-state index is 13.9. The molecule has 2 aliphatic rings. The number of piperidine rings is 1. The van der Waals surface area contributed by atoms with Crippen molar-refractivity contribution in [1.82, 2.24) is 4.31 Å². The van der Waals surface area contributed by atoms with E-state index in [9.17, 15) is 17.2 Å². The van der Waals surface area contributed by atoms with Crippen molar-refractivity contribution in [3.63, 3.8) is 0 Å². The maximum Gasteiger partial charge on any atom is 0.243 e. The molecule has 6 nitrogen and oxygen atoms in total. The predicted molar refractivity (Wildman–Crippen MR) is 124 cm³/mol. The van der Waals surface area contributed by atoms with Crippen molar-refractivity contribution in [3.05, 3.63) is 71.8 Å². The van der Waals surface area contributed by atoms with Gasteiger partial charge in [-0.2, -0.15) is 4.31 Å². The highest BCUT2D eigenvalue weighted by molar-refractivity contribution is 7.89. The Morgan fingerprint density at radius 1 is 0.882 bits per heavy atom. The minimum Gasteiger partial charge on any atom is -0.456 e. The van der Waals surface area contributed by atoms with Crippen LogP contribution in [0.5, 0.6) is 0 Å². The SMILES string of the molecule is O=S(=O)(c1ccc2oc3ccccc3c2c1)N1CCC(N2COCc3cc(F)c(F)cc32)CC1. The van der Waals surface area contributed by atoms with Gasteiger partial charge < -0.3 is 14.1 Å². The Balaban J connectivity index is 1.24. The van der Waals surface area contributed by atoms with E-state index in [1.165, 1.54) is 16.4 Å². The second kappa shape index (κ2) is 8.04. The Kier molecular flexibility index (Phi) is 5.09. The number of benzene rings is 3. The van der Waals surface area contributed by atoms with Crippen molar-refractivity contribution in [2.24, 2.45) is 0 Å². The van der Waals surface area contributed by atoms with Crippen LogP contribution in [0.25, 0.3) is 21.9 Å². The molecule has 6 rings (SSSR count). The third-order valence-electron chi connectivity index (χ3n) is 6.77. The van der Waals surface area contributed by atoms with Crippen LogP contribution in [0.2, 0.25) is 0 Å². The van der Waals surface area contributed by atoms with E-state index >= 15 is 0 Å². The van der Waals surface area contributed by atoms with Crippen molar-refractivity contribution in [3.8, 4) is 0 Å². The van der Waals surface area contributed by atoms with Crippen LogP contribution in [-0.2, 0) is 21.4 Å². The maximum absolute atomic E-state index is 13.9. The minimum absolute atomic E-state index is 0.0318. The van der Waals surface area contributed by atoms with E-state index in [4.69, 9.17) is 9.15 Å². The van der Waals surface area contributed by atoms with Crippen LogP contribution in [-0.4, -0.2) is 38.6 Å². The van der Waals surface area contributed by atoms with E-state index < -0.39 is 21.7 Å². The third-order valence-corrected chi connectivity index (χ3v) is 8.66. The molecule has 0 amide bonds. The highest BCUT2D eigenvalue weighted by Crippen LogP contribution is 2.35. The molecule has 34 heavy (non-hydrogen) atoms. The molecule has 0 radical (unpaired) electrons. The number of hydrogen-bond acceptors (Lipinski definition) is 5. The monoisotopic (exact) mass is 484 g/mol. The van der Waals surface area contributed by atoms with E-state index in [0.717, 1.165) is 10.8 Å². The molecule has 176 valence electrons. The number of nitrogens with zero attached hydrogens (tertiary/aromatic N) is 2. The average Bonchev–Trinajstić information content (AvgIpc) is 3.22. The van der Waals surface area contributed by atoms with Gasteiger partial charge in [-0.1, -0.05) is 18.2 Å². The summed E-state index contributed by atoms with van der Waals surface area (Å²) in [7, 11) is -3.69. The van der Waals surface area contributed by atoms with Crippen LogP contribution in [0, 0.1) is 11.6 Å². The number of fused-ring (bicyclic) bond motifs is 4. The second-order valence-corrected chi connectivity index (χ2v) is 10.7. The Hall–Kier alpha value is -3.01. The molecule has 0 saturated carbocycles. The number of ether oxygens (including phenoxy) is 1. The second-order valence-electron chi connectivity index (χ2n) is 8.73. The summed E-state index contributed by atoms with van der Waals surface area (Å²) in [5, 5.41) is 1.64. The largest absolute Gasteiger partial charge is 0.456 e. The van der Waals surface area contributed by atoms with Crippen LogP contribution in [0.15, 0.2) is 63.9 Å². The lowest BCUT2D eigenvalue weighted by Crippen LogP contribution is -2.48. The van der Waals surface area contributed by atoms with Crippen LogP contribution >= 0.6 is 0 Å². The summed E-state index contributed by atoms with van der Waals surface area (Å²) in [6.45, 7) is 1.14. The molecule has 0 N–H and O–H groups in total. The molecular formula is C25H22F2N2O4S. The van der Waals surface area contributed by atoms with Crippen LogP contribution in [0.4, 0.5) is 14.5 Å². The van der Waals surface area contributed by atoms with Gasteiger partial charge in [0.2, 0.25) is 10.0 Å². The molecule has 3 heterocycles. The van der Waals surface area contributed by atoms with Crippen LogP contribution in [0.1, 0.15) is 18.4 Å². The van der Waals surface area contributed by atoms with Gasteiger partial charge in [-0.3, -0.25) is 0 Å². The number of para-hydroxylation sites is 1. The molecule has 2 aliphatic heterocycles. The normalized spacial score (nSPS) is 18.0. The summed E-state index contributed by atoms with van der Waals surface area (Å²) >= 11 is 0. The molecule has 0 unspecified atom stereocenters. The molecule has 9 heteroatoms. The first kappa shape index (κ1) is 21.5. The molecular weight excluding hydrogens is 462 g/mol. The number of hydrogen-bond donors (Lipinski definition) is 0. The van der Waals surface area contributed by atoms with Crippen LogP contribution in [0.3, 0.4) is 0 Å². The van der Waals surface area contributed by atoms with Gasteiger partial charge in [0.05, 0.1) is 11.5 Å². The summed E-state index contributed by atoms with van der Waals surface area (Å²) in [6, 6.07) is 14.8. The van der Waals surface area contributed by atoms with Gasteiger partial charge >= 0.3 is 0 Å². The fourth-order valence-electron chi connectivity index (χ4n) is 5.00. The van der Waals surface area contributed by atoms with Gasteiger partial charge in [0.25, 0.3) is 0 Å². The Bertz CT molecular complexity index is 1510. The zero-order valence-electron chi connectivity index (χ0n) is 18.2. The summed E-state index contributed by atoms with van der Waals surface area (Å²) in [6.07, 6.45) is 1.11. The van der Waals surface area contributed by atoms with Crippen LogP contribution < -0.4 is 4.90 Å². The number of anilines is 1. The third kappa shape index (κ3) is 3.46. The van der Waals surface area contributed by atoms with Crippen molar-refractivity contribution in [1.29, 1.82) is 0 Å². The van der Waals surface area contributed by atoms with E-state index in [0.29, 0.717) is 48.3 Å². The molecule has 0 atom stereocenters. The molecule has 1 fully saturated rings. The Morgan fingerprint density at radius 3 is 2.44 bits per heavy atom. The van der Waals surface area contributed by atoms with Crippen molar-refractivity contribution >= 4 is 37.6 Å². The number of furan rings is 1. The number of rotatable bonds is 3. The molecule has 0 aliphatic carbocycles. The highest BCUT2D eigenvalue weighted by Gasteiger charge is 2.34. The standard InChI is InChI=1S/C25H22F2N2O4S/c26-21-11-16-14-32-15-29(23(16)13-22(21)27)17-7-9-28(10-8-17)34(30,31)18-5-6-25-20(12-18)19-3-1-2-4-24(19)33-25/h1-6,11-13,17H,7-10,14-15H2. The topological polar surface area (TPSA) is 63.0 Å². The summed E-state index contributed by atoms with van der Waals surface area (Å²) in [4.78, 5) is 2.14. The quantitative estimate of drug-likeness (QED) is 0.409. The lowest BCUT2D eigenvalue weighted by Gasteiger charge is -2.41. The van der Waals surface area contributed by atoms with E-state index in [1.807, 2.05) is 29.2 Å². The van der Waals surface area contributed by atoms with Gasteiger partial charge in [0.15, 0.2) is 11.6 Å².